The van der Waals surface area contributed by atoms with Crippen LogP contribution >= 0.6 is 0 Å². The monoisotopic (exact) mass is 401 g/mol. The second kappa shape index (κ2) is 8.52. The number of benzene rings is 2. The van der Waals surface area contributed by atoms with Gasteiger partial charge in [0.2, 0.25) is 0 Å². The first-order valence-corrected chi connectivity index (χ1v) is 9.95. The van der Waals surface area contributed by atoms with Crippen LogP contribution in [0.15, 0.2) is 65.5 Å². The molecule has 1 aromatic heterocycles. The highest BCUT2D eigenvalue weighted by atomic mass is 16.5. The fraction of sp³-hybridized carbons (Fsp3) is 0.292. The molecule has 0 bridgehead atoms. The highest BCUT2D eigenvalue weighted by Crippen LogP contribution is 2.32. The molecule has 30 heavy (non-hydrogen) atoms. The smallest absolute Gasteiger partial charge is 0.254 e. The standard InChI is InChI=1S/C24H23N3O3/c1-29-24(14-18-6-8-19(15-25)9-7-18)10-12-27(13-11-24)23(28)21-5-3-2-4-20(21)22-16-26-17-30-22/h2-9,16-17H,10-14H2,1H3. The second-order valence-electron chi connectivity index (χ2n) is 7.58. The molecule has 1 aliphatic heterocycles. The number of ether oxygens (including phenoxy) is 1. The maximum atomic E-state index is 13.2. The van der Waals surface area contributed by atoms with E-state index < -0.39 is 0 Å². The Kier molecular flexibility index (Phi) is 5.64. The lowest BCUT2D eigenvalue weighted by atomic mass is 9.84. The van der Waals surface area contributed by atoms with Crippen LogP contribution in [0.4, 0.5) is 0 Å². The van der Waals surface area contributed by atoms with Crippen LogP contribution in [0.5, 0.6) is 0 Å². The Bertz CT molecular complexity index is 1040. The van der Waals surface area contributed by atoms with Gasteiger partial charge in [0.05, 0.1) is 29.0 Å². The summed E-state index contributed by atoms with van der Waals surface area (Å²) < 4.78 is 11.3. The second-order valence-corrected chi connectivity index (χ2v) is 7.58. The number of nitrogens with zero attached hydrogens (tertiary/aromatic N) is 3. The van der Waals surface area contributed by atoms with E-state index in [9.17, 15) is 4.79 Å². The van der Waals surface area contributed by atoms with Gasteiger partial charge in [0, 0.05) is 32.2 Å². The summed E-state index contributed by atoms with van der Waals surface area (Å²) >= 11 is 0. The molecule has 1 fully saturated rings. The van der Waals surface area contributed by atoms with E-state index in [4.69, 9.17) is 14.4 Å². The number of carbonyl (C=O) groups excluding carboxylic acids is 1. The molecule has 152 valence electrons. The Hall–Kier alpha value is -3.43. The van der Waals surface area contributed by atoms with Gasteiger partial charge in [-0.05, 0) is 36.6 Å². The molecular weight excluding hydrogens is 378 g/mol. The van der Waals surface area contributed by atoms with Crippen LogP contribution in [-0.4, -0.2) is 41.6 Å². The van der Waals surface area contributed by atoms with Gasteiger partial charge in [-0.25, -0.2) is 4.98 Å². The molecule has 0 spiro atoms. The molecule has 0 radical (unpaired) electrons. The SMILES string of the molecule is COC1(Cc2ccc(C#N)cc2)CCN(C(=O)c2ccccc2-c2cnco2)CC1. The minimum Gasteiger partial charge on any atom is -0.443 e. The van der Waals surface area contributed by atoms with Crippen molar-refractivity contribution in [2.75, 3.05) is 20.2 Å². The van der Waals surface area contributed by atoms with E-state index in [-0.39, 0.29) is 11.5 Å². The minimum atomic E-state index is -0.310. The third kappa shape index (κ3) is 3.98. The van der Waals surface area contributed by atoms with E-state index in [1.807, 2.05) is 53.4 Å². The van der Waals surface area contributed by atoms with Gasteiger partial charge in [-0.15, -0.1) is 0 Å². The average Bonchev–Trinajstić information content (AvgIpc) is 3.34. The van der Waals surface area contributed by atoms with E-state index in [0.717, 1.165) is 30.4 Å². The largest absolute Gasteiger partial charge is 0.443 e. The van der Waals surface area contributed by atoms with Crippen molar-refractivity contribution in [3.8, 4) is 17.4 Å². The van der Waals surface area contributed by atoms with Crippen molar-refractivity contribution in [2.24, 2.45) is 0 Å². The van der Waals surface area contributed by atoms with Crippen molar-refractivity contribution in [1.29, 1.82) is 5.26 Å². The Morgan fingerprint density at radius 2 is 1.93 bits per heavy atom. The van der Waals surface area contributed by atoms with Crippen molar-refractivity contribution in [2.45, 2.75) is 24.9 Å². The minimum absolute atomic E-state index is 0.00919. The number of aromatic nitrogens is 1. The van der Waals surface area contributed by atoms with Crippen molar-refractivity contribution in [3.63, 3.8) is 0 Å². The lowest BCUT2D eigenvalue weighted by Gasteiger charge is -2.41. The predicted molar refractivity (Wildman–Crippen MR) is 112 cm³/mol. The third-order valence-electron chi connectivity index (χ3n) is 5.86. The number of nitriles is 1. The van der Waals surface area contributed by atoms with E-state index >= 15 is 0 Å². The van der Waals surface area contributed by atoms with Crippen molar-refractivity contribution < 1.29 is 13.9 Å². The molecule has 0 aliphatic carbocycles. The highest BCUT2D eigenvalue weighted by Gasteiger charge is 2.36. The molecular formula is C24H23N3O3. The Labute approximate surface area is 175 Å². The van der Waals surface area contributed by atoms with E-state index in [1.54, 1.807) is 13.3 Å². The maximum absolute atomic E-state index is 13.2. The van der Waals surface area contributed by atoms with Gasteiger partial charge in [0.15, 0.2) is 12.2 Å². The first-order chi connectivity index (χ1) is 14.6. The molecule has 1 aliphatic rings. The van der Waals surface area contributed by atoms with Crippen LogP contribution in [-0.2, 0) is 11.2 Å². The van der Waals surface area contributed by atoms with E-state index in [2.05, 4.69) is 11.1 Å². The Morgan fingerprint density at radius 3 is 2.57 bits per heavy atom. The number of piperidine rings is 1. The molecule has 1 saturated heterocycles. The van der Waals surface area contributed by atoms with Crippen molar-refractivity contribution in [1.82, 2.24) is 9.88 Å². The summed E-state index contributed by atoms with van der Waals surface area (Å²) in [5, 5.41) is 8.98. The zero-order valence-corrected chi connectivity index (χ0v) is 16.9. The number of methoxy groups -OCH3 is 1. The summed E-state index contributed by atoms with van der Waals surface area (Å²) in [4.78, 5) is 19.1. The molecule has 0 saturated carbocycles. The topological polar surface area (TPSA) is 79.4 Å². The molecule has 6 heteroatoms. The number of amides is 1. The molecule has 0 unspecified atom stereocenters. The number of oxazole rings is 1. The van der Waals surface area contributed by atoms with Gasteiger partial charge in [0.25, 0.3) is 5.91 Å². The lowest BCUT2D eigenvalue weighted by Crippen LogP contribution is -2.48. The van der Waals surface area contributed by atoms with E-state index in [1.165, 1.54) is 6.39 Å². The van der Waals surface area contributed by atoms with Gasteiger partial charge in [-0.1, -0.05) is 30.3 Å². The molecule has 1 amide bonds. The number of hydrogen-bond acceptors (Lipinski definition) is 5. The molecule has 0 N–H and O–H groups in total. The molecule has 2 aromatic carbocycles. The Balaban J connectivity index is 1.47. The van der Waals surface area contributed by atoms with Crippen LogP contribution in [0.2, 0.25) is 0 Å². The van der Waals surface area contributed by atoms with E-state index in [0.29, 0.717) is 30.0 Å². The van der Waals surface area contributed by atoms with Crippen LogP contribution in [0, 0.1) is 11.3 Å². The van der Waals surface area contributed by atoms with Crippen LogP contribution in [0.3, 0.4) is 0 Å². The molecule has 4 rings (SSSR count). The first kappa shape index (κ1) is 19.9. The quantitative estimate of drug-likeness (QED) is 0.644. The van der Waals surface area contributed by atoms with Crippen LogP contribution in [0.1, 0.15) is 34.3 Å². The van der Waals surface area contributed by atoms with Gasteiger partial charge < -0.3 is 14.1 Å². The number of carbonyl (C=O) groups is 1. The zero-order valence-electron chi connectivity index (χ0n) is 16.9. The third-order valence-corrected chi connectivity index (χ3v) is 5.86. The first-order valence-electron chi connectivity index (χ1n) is 9.95. The Morgan fingerprint density at radius 1 is 1.20 bits per heavy atom. The summed E-state index contributed by atoms with van der Waals surface area (Å²) in [5.74, 6) is 0.577. The summed E-state index contributed by atoms with van der Waals surface area (Å²) in [5.41, 5.74) is 2.84. The fourth-order valence-electron chi connectivity index (χ4n) is 4.04. The summed E-state index contributed by atoms with van der Waals surface area (Å²) in [7, 11) is 1.74. The molecule has 2 heterocycles. The number of rotatable bonds is 5. The molecule has 0 atom stereocenters. The highest BCUT2D eigenvalue weighted by molar-refractivity contribution is 6.00. The fourth-order valence-corrected chi connectivity index (χ4v) is 4.04. The van der Waals surface area contributed by atoms with Gasteiger partial charge in [-0.3, -0.25) is 4.79 Å². The summed E-state index contributed by atoms with van der Waals surface area (Å²) in [6.45, 7) is 1.24. The normalized spacial score (nSPS) is 15.5. The maximum Gasteiger partial charge on any atom is 0.254 e. The summed E-state index contributed by atoms with van der Waals surface area (Å²) in [6, 6.07) is 17.2. The van der Waals surface area contributed by atoms with Crippen LogP contribution < -0.4 is 0 Å². The van der Waals surface area contributed by atoms with Crippen molar-refractivity contribution in [3.05, 3.63) is 77.8 Å². The zero-order chi connectivity index (χ0) is 21.0. The van der Waals surface area contributed by atoms with Crippen LogP contribution in [0.25, 0.3) is 11.3 Å². The van der Waals surface area contributed by atoms with Crippen molar-refractivity contribution >= 4 is 5.91 Å². The molecule has 6 nitrogen and oxygen atoms in total. The number of hydrogen-bond donors (Lipinski definition) is 0. The van der Waals surface area contributed by atoms with Gasteiger partial charge in [-0.2, -0.15) is 5.26 Å². The average molecular weight is 401 g/mol. The van der Waals surface area contributed by atoms with Gasteiger partial charge in [0.1, 0.15) is 0 Å². The summed E-state index contributed by atoms with van der Waals surface area (Å²) in [6.07, 6.45) is 5.24. The lowest BCUT2D eigenvalue weighted by molar-refractivity contribution is -0.0516. The number of likely N-dealkylation sites (tertiary alicyclic amines) is 1. The predicted octanol–water partition coefficient (Wildman–Crippen LogP) is 4.08. The van der Waals surface area contributed by atoms with Gasteiger partial charge >= 0.3 is 0 Å². The molecule has 3 aromatic rings.